The Hall–Kier alpha value is -4.05. The quantitative estimate of drug-likeness (QED) is 0.130. The molecule has 1 aromatic heterocycles. The molecule has 0 aliphatic carbocycles. The number of aliphatic hydroxyl groups excluding tert-OH is 2. The maximum absolute atomic E-state index is 14.3. The fourth-order valence-corrected chi connectivity index (χ4v) is 5.55. The first-order valence-electron chi connectivity index (χ1n) is 14.3. The molecule has 1 heterocycles. The number of hydrogen-bond donors (Lipinski definition) is 2. The number of rotatable bonds is 12. The van der Waals surface area contributed by atoms with Gasteiger partial charge in [-0.25, -0.2) is 13.2 Å². The predicted octanol–water partition coefficient (Wildman–Crippen LogP) is 7.09. The molecule has 4 rings (SSSR count). The van der Waals surface area contributed by atoms with Crippen molar-refractivity contribution in [3.8, 4) is 22.3 Å². The lowest BCUT2D eigenvalue weighted by Crippen LogP contribution is -2.26. The van der Waals surface area contributed by atoms with Crippen molar-refractivity contribution in [1.29, 1.82) is 0 Å². The second-order valence-corrected chi connectivity index (χ2v) is 11.1. The molecule has 4 aromatic rings. The van der Waals surface area contributed by atoms with Crippen molar-refractivity contribution in [3.63, 3.8) is 0 Å². The van der Waals surface area contributed by atoms with Gasteiger partial charge in [-0.1, -0.05) is 42.5 Å². The van der Waals surface area contributed by atoms with Crippen LogP contribution in [0.2, 0.25) is 0 Å². The lowest BCUT2D eigenvalue weighted by atomic mass is 9.92. The van der Waals surface area contributed by atoms with Crippen molar-refractivity contribution >= 4 is 29.3 Å². The monoisotopic (exact) mass is 624 g/mol. The van der Waals surface area contributed by atoms with Crippen LogP contribution in [0.5, 0.6) is 0 Å². The topological polar surface area (TPSA) is 92.0 Å². The van der Waals surface area contributed by atoms with E-state index in [4.69, 9.17) is 11.8 Å². The summed E-state index contributed by atoms with van der Waals surface area (Å²) < 4.78 is 35.6. The van der Waals surface area contributed by atoms with Crippen LogP contribution in [-0.4, -0.2) is 46.0 Å². The first kappa shape index (κ1) is 32.9. The minimum absolute atomic E-state index is 0.0660. The minimum atomic E-state index is -1.10. The lowest BCUT2D eigenvalue weighted by molar-refractivity contribution is -0.143. The second-order valence-electron chi connectivity index (χ2n) is 10.8. The molecule has 2 unspecified atom stereocenters. The first-order chi connectivity index (χ1) is 21.0. The highest BCUT2D eigenvalue weighted by Crippen LogP contribution is 2.43. The number of benzene rings is 3. The number of methoxy groups -OCH3 is 1. The van der Waals surface area contributed by atoms with E-state index in [9.17, 15) is 28.6 Å². The molecule has 7 nitrogen and oxygen atoms in total. The van der Waals surface area contributed by atoms with E-state index in [0.29, 0.717) is 33.6 Å². The summed E-state index contributed by atoms with van der Waals surface area (Å²) in [6.45, 7) is 3.81. The Labute approximate surface area is 260 Å². The zero-order chi connectivity index (χ0) is 32.0. The molecule has 0 bridgehead atoms. The maximum atomic E-state index is 14.3. The number of carbonyl (C=O) groups is 2. The van der Waals surface area contributed by atoms with E-state index in [1.165, 1.54) is 31.4 Å². The molecule has 1 amide bonds. The van der Waals surface area contributed by atoms with Crippen molar-refractivity contribution in [2.45, 2.75) is 57.8 Å². The van der Waals surface area contributed by atoms with Gasteiger partial charge in [0.2, 0.25) is 0 Å². The highest BCUT2D eigenvalue weighted by Gasteiger charge is 2.33. The summed E-state index contributed by atoms with van der Waals surface area (Å²) in [5.41, 5.74) is 3.58. The molecule has 0 fully saturated rings. The molecule has 0 spiro atoms. The Bertz CT molecular complexity index is 1570. The normalized spacial score (nSPS) is 12.7. The Balaban J connectivity index is 1.92. The van der Waals surface area contributed by atoms with Crippen LogP contribution in [0, 0.1) is 11.6 Å². The van der Waals surface area contributed by atoms with Gasteiger partial charge in [0.15, 0.2) is 0 Å². The molecule has 232 valence electrons. The zero-order valence-corrected chi connectivity index (χ0v) is 25.5. The summed E-state index contributed by atoms with van der Waals surface area (Å²) in [4.78, 5) is 25.9. The van der Waals surface area contributed by atoms with E-state index in [1.807, 2.05) is 18.4 Å². The van der Waals surface area contributed by atoms with Crippen LogP contribution in [-0.2, 0) is 16.0 Å². The number of hydrogen-bond acceptors (Lipinski definition) is 5. The average molecular weight is 625 g/mol. The Morgan fingerprint density at radius 2 is 1.41 bits per heavy atom. The van der Waals surface area contributed by atoms with Gasteiger partial charge in [-0.15, -0.1) is 0 Å². The summed E-state index contributed by atoms with van der Waals surface area (Å²) in [6, 6.07) is 20.0. The van der Waals surface area contributed by atoms with E-state index in [0.717, 1.165) is 4.42 Å². The highest BCUT2D eigenvalue weighted by molar-refractivity contribution is 6.39. The molecular formula is C34H35ClF2N2O5. The van der Waals surface area contributed by atoms with Crippen LogP contribution in [0.1, 0.15) is 55.3 Å². The van der Waals surface area contributed by atoms with Crippen molar-refractivity contribution < 1.29 is 33.3 Å². The summed E-state index contributed by atoms with van der Waals surface area (Å²) in [7, 11) is 1.22. The smallest absolute Gasteiger partial charge is 0.308 e. The molecule has 2 N–H and O–H groups in total. The van der Waals surface area contributed by atoms with Crippen molar-refractivity contribution in [2.24, 2.45) is 0 Å². The van der Waals surface area contributed by atoms with Crippen LogP contribution < -0.4 is 4.42 Å². The summed E-state index contributed by atoms with van der Waals surface area (Å²) >= 11 is 6.67. The van der Waals surface area contributed by atoms with E-state index in [-0.39, 0.29) is 37.4 Å². The van der Waals surface area contributed by atoms with E-state index >= 15 is 0 Å². The zero-order valence-electron chi connectivity index (χ0n) is 24.7. The molecule has 0 saturated carbocycles. The maximum Gasteiger partial charge on any atom is 0.308 e. The molecule has 0 saturated heterocycles. The molecule has 2 atom stereocenters. The van der Waals surface area contributed by atoms with Gasteiger partial charge in [-0.05, 0) is 80.6 Å². The second kappa shape index (κ2) is 14.6. The molecule has 3 aromatic carbocycles. The Morgan fingerprint density at radius 3 is 1.93 bits per heavy atom. The Kier molecular flexibility index (Phi) is 10.9. The summed E-state index contributed by atoms with van der Waals surface area (Å²) in [5.74, 6) is -2.02. The molecule has 0 aliphatic heterocycles. The fourth-order valence-electron chi connectivity index (χ4n) is 5.35. The molecule has 0 aliphatic rings. The molecular weight excluding hydrogens is 590 g/mol. The first-order valence-corrected chi connectivity index (χ1v) is 14.6. The van der Waals surface area contributed by atoms with Crippen LogP contribution in [0.25, 0.3) is 22.3 Å². The van der Waals surface area contributed by atoms with E-state index in [1.54, 1.807) is 54.6 Å². The average Bonchev–Trinajstić information content (AvgIpc) is 3.35. The van der Waals surface area contributed by atoms with E-state index in [2.05, 4.69) is 4.74 Å². The van der Waals surface area contributed by atoms with E-state index < -0.39 is 35.7 Å². The van der Waals surface area contributed by atoms with Gasteiger partial charge >= 0.3 is 5.97 Å². The highest BCUT2D eigenvalue weighted by atomic mass is 35.5. The third-order valence-corrected chi connectivity index (χ3v) is 7.69. The summed E-state index contributed by atoms with van der Waals surface area (Å²) in [5, 5.41) is 21.1. The molecule has 10 heteroatoms. The van der Waals surface area contributed by atoms with Crippen molar-refractivity contribution in [2.75, 3.05) is 11.5 Å². The van der Waals surface area contributed by atoms with Crippen LogP contribution in [0.3, 0.4) is 0 Å². The Morgan fingerprint density at radius 1 is 0.864 bits per heavy atom. The fraction of sp³-hybridized carbons (Fsp3) is 0.294. The SMILES string of the molecule is COC(=O)CC(O)CC(O)CCc1c(-c2ccc(F)cc2)c(-c2ccc(F)cc2)c(C(=O)N(Cl)c2ccccc2)n1C(C)C. The van der Waals surface area contributed by atoms with Crippen molar-refractivity contribution in [3.05, 3.63) is 102 Å². The summed E-state index contributed by atoms with van der Waals surface area (Å²) in [6.07, 6.45) is -2.00. The predicted molar refractivity (Wildman–Crippen MR) is 166 cm³/mol. The lowest BCUT2D eigenvalue weighted by Gasteiger charge is -2.21. The van der Waals surface area contributed by atoms with Gasteiger partial charge in [0.25, 0.3) is 5.91 Å². The van der Waals surface area contributed by atoms with Crippen LogP contribution in [0.4, 0.5) is 14.5 Å². The number of nitrogens with zero attached hydrogens (tertiary/aromatic N) is 2. The minimum Gasteiger partial charge on any atom is -0.469 e. The van der Waals surface area contributed by atoms with Gasteiger partial charge in [0.05, 0.1) is 31.4 Å². The van der Waals surface area contributed by atoms with Crippen LogP contribution >= 0.6 is 11.8 Å². The van der Waals surface area contributed by atoms with Gasteiger partial charge in [-0.2, -0.15) is 0 Å². The van der Waals surface area contributed by atoms with Crippen LogP contribution in [0.15, 0.2) is 78.9 Å². The number of ether oxygens (including phenoxy) is 1. The van der Waals surface area contributed by atoms with Gasteiger partial charge in [0.1, 0.15) is 17.3 Å². The number of amides is 1. The van der Waals surface area contributed by atoms with Gasteiger partial charge in [0, 0.05) is 34.6 Å². The van der Waals surface area contributed by atoms with Gasteiger partial charge < -0.3 is 19.5 Å². The number of para-hydroxylation sites is 1. The molecule has 44 heavy (non-hydrogen) atoms. The van der Waals surface area contributed by atoms with Gasteiger partial charge in [-0.3, -0.25) is 9.59 Å². The number of aromatic nitrogens is 1. The number of halogens is 3. The number of carbonyl (C=O) groups excluding carboxylic acids is 2. The number of aliphatic hydroxyl groups is 2. The molecule has 0 radical (unpaired) electrons. The third-order valence-electron chi connectivity index (χ3n) is 7.34. The number of esters is 1. The third kappa shape index (κ3) is 7.53. The van der Waals surface area contributed by atoms with Crippen molar-refractivity contribution in [1.82, 2.24) is 4.57 Å². The largest absolute Gasteiger partial charge is 0.469 e. The number of anilines is 1. The standard InChI is InChI=1S/C34H35ClF2N2O5/c1-21(2)38-29(18-17-27(40)19-28(41)20-30(42)44-3)31(22-9-13-24(36)14-10-22)32(23-11-15-25(37)16-12-23)33(38)34(43)39(35)26-7-5-4-6-8-26/h4-16,21,27-28,40-41H,17-20H2,1-3H3.